The Morgan fingerprint density at radius 2 is 1.40 bits per heavy atom. The third-order valence-electron chi connectivity index (χ3n) is 3.03. The van der Waals surface area contributed by atoms with Crippen LogP contribution in [-0.4, -0.2) is 0 Å². The number of hydrogen-bond acceptors (Lipinski definition) is 3. The number of hydrogen-bond donors (Lipinski definition) is 0. The van der Waals surface area contributed by atoms with E-state index in [1.54, 1.807) is 12.1 Å². The predicted octanol–water partition coefficient (Wildman–Crippen LogP) is 5.88. The van der Waals surface area contributed by atoms with Gasteiger partial charge in [0.25, 0.3) is 0 Å². The fourth-order valence-electron chi connectivity index (χ4n) is 1.91. The van der Waals surface area contributed by atoms with Crippen molar-refractivity contribution in [2.24, 2.45) is 0 Å². The minimum atomic E-state index is -4.93. The van der Waals surface area contributed by atoms with Gasteiger partial charge in [0.05, 0.1) is 11.1 Å². The van der Waals surface area contributed by atoms with Gasteiger partial charge in [0.15, 0.2) is 0 Å². The van der Waals surface area contributed by atoms with Crippen LogP contribution in [0.2, 0.25) is 0 Å². The van der Waals surface area contributed by atoms with Crippen LogP contribution in [0.5, 0.6) is 0 Å². The number of nitriles is 2. The van der Waals surface area contributed by atoms with Crippen LogP contribution in [0.3, 0.4) is 0 Å². The number of benzene rings is 1. The van der Waals surface area contributed by atoms with E-state index in [0.717, 1.165) is 11.3 Å². The summed E-state index contributed by atoms with van der Waals surface area (Å²) in [6.45, 7) is 0. The molecule has 0 unspecified atom stereocenters. The van der Waals surface area contributed by atoms with Gasteiger partial charge in [-0.1, -0.05) is 0 Å². The van der Waals surface area contributed by atoms with Gasteiger partial charge in [-0.3, -0.25) is 0 Å². The number of allylic oxidation sites excluding steroid dienone is 1. The fraction of sp³-hybridized carbons (Fsp3) is 0.125. The Morgan fingerprint density at radius 1 is 0.880 bits per heavy atom. The van der Waals surface area contributed by atoms with Gasteiger partial charge in [-0.25, -0.2) is 0 Å². The third-order valence-corrected chi connectivity index (χ3v) is 4.11. The summed E-state index contributed by atoms with van der Waals surface area (Å²) < 4.78 is 77.3. The SMILES string of the molecule is N#CC(C#N)=Cc1ccc(-c2cc(C(F)(F)F)cc(C(F)(F)F)c2)s1. The zero-order chi connectivity index (χ0) is 18.8. The van der Waals surface area contributed by atoms with Gasteiger partial charge in [-0.2, -0.15) is 36.9 Å². The summed E-state index contributed by atoms with van der Waals surface area (Å²) >= 11 is 0.870. The average molecular weight is 372 g/mol. The van der Waals surface area contributed by atoms with Crippen molar-refractivity contribution in [1.82, 2.24) is 0 Å². The summed E-state index contributed by atoms with van der Waals surface area (Å²) in [4.78, 5) is 0.511. The predicted molar refractivity (Wildman–Crippen MR) is 79.0 cm³/mol. The van der Waals surface area contributed by atoms with Gasteiger partial charge in [0.2, 0.25) is 0 Å². The van der Waals surface area contributed by atoms with Gasteiger partial charge in [-0.05, 0) is 42.0 Å². The summed E-state index contributed by atoms with van der Waals surface area (Å²) in [5.74, 6) is 0. The van der Waals surface area contributed by atoms with Crippen LogP contribution < -0.4 is 0 Å². The van der Waals surface area contributed by atoms with Crippen molar-refractivity contribution in [2.75, 3.05) is 0 Å². The van der Waals surface area contributed by atoms with E-state index in [4.69, 9.17) is 10.5 Å². The van der Waals surface area contributed by atoms with Gasteiger partial charge in [0.1, 0.15) is 17.7 Å². The van der Waals surface area contributed by atoms with Crippen molar-refractivity contribution in [3.63, 3.8) is 0 Å². The first kappa shape index (κ1) is 18.6. The van der Waals surface area contributed by atoms with E-state index in [0.29, 0.717) is 17.0 Å². The summed E-state index contributed by atoms with van der Waals surface area (Å²) in [5, 5.41) is 17.4. The molecule has 0 radical (unpaired) electrons. The molecule has 0 amide bonds. The van der Waals surface area contributed by atoms with Crippen molar-refractivity contribution >= 4 is 17.4 Å². The zero-order valence-corrected chi connectivity index (χ0v) is 12.9. The van der Waals surface area contributed by atoms with Gasteiger partial charge in [0, 0.05) is 9.75 Å². The molecule has 0 saturated heterocycles. The summed E-state index contributed by atoms with van der Waals surface area (Å²) in [5.41, 5.74) is -3.29. The lowest BCUT2D eigenvalue weighted by atomic mass is 10.0. The Balaban J connectivity index is 2.57. The largest absolute Gasteiger partial charge is 0.416 e. The van der Waals surface area contributed by atoms with Crippen molar-refractivity contribution in [2.45, 2.75) is 12.4 Å². The molecule has 0 atom stereocenters. The molecule has 9 heteroatoms. The number of halogens is 6. The lowest BCUT2D eigenvalue weighted by Gasteiger charge is -2.13. The molecule has 2 nitrogen and oxygen atoms in total. The summed E-state index contributed by atoms with van der Waals surface area (Å²) in [7, 11) is 0. The molecule has 0 bridgehead atoms. The van der Waals surface area contributed by atoms with E-state index >= 15 is 0 Å². The Morgan fingerprint density at radius 3 is 1.84 bits per heavy atom. The van der Waals surface area contributed by atoms with Crippen LogP contribution in [0.25, 0.3) is 16.5 Å². The molecule has 0 fully saturated rings. The molecule has 1 heterocycles. The molecule has 0 aliphatic rings. The molecule has 128 valence electrons. The number of alkyl halides is 6. The third kappa shape index (κ3) is 4.40. The summed E-state index contributed by atoms with van der Waals surface area (Å²) in [6, 6.07) is 7.28. The summed E-state index contributed by atoms with van der Waals surface area (Å²) in [6.07, 6.45) is -8.65. The van der Waals surface area contributed by atoms with Crippen LogP contribution in [-0.2, 0) is 12.4 Å². The first-order valence-electron chi connectivity index (χ1n) is 6.46. The van der Waals surface area contributed by atoms with E-state index in [2.05, 4.69) is 0 Å². The lowest BCUT2D eigenvalue weighted by molar-refractivity contribution is -0.143. The maximum atomic E-state index is 12.9. The zero-order valence-electron chi connectivity index (χ0n) is 12.0. The lowest BCUT2D eigenvalue weighted by Crippen LogP contribution is -2.10. The van der Waals surface area contributed by atoms with Gasteiger partial charge in [-0.15, -0.1) is 11.3 Å². The highest BCUT2D eigenvalue weighted by atomic mass is 32.1. The van der Waals surface area contributed by atoms with E-state index in [1.807, 2.05) is 0 Å². The van der Waals surface area contributed by atoms with Crippen LogP contribution in [0.1, 0.15) is 16.0 Å². The maximum Gasteiger partial charge on any atom is 0.416 e. The Hall–Kier alpha value is -2.78. The smallest absolute Gasteiger partial charge is 0.192 e. The standard InChI is InChI=1S/C16H6F6N2S/c17-15(18,19)11-4-10(5-12(6-11)16(20,21)22)14-2-1-13(25-14)3-9(7-23)8-24/h1-6H. The maximum absolute atomic E-state index is 12.9. The van der Waals surface area contributed by atoms with Gasteiger partial charge >= 0.3 is 12.4 Å². The van der Waals surface area contributed by atoms with Crippen molar-refractivity contribution in [1.29, 1.82) is 10.5 Å². The molecule has 0 N–H and O–H groups in total. The highest BCUT2D eigenvalue weighted by Crippen LogP contribution is 2.40. The van der Waals surface area contributed by atoms with Crippen LogP contribution in [0.15, 0.2) is 35.9 Å². The molecule has 0 aliphatic heterocycles. The van der Waals surface area contributed by atoms with Crippen LogP contribution in [0, 0.1) is 22.7 Å². The minimum absolute atomic E-state index is 0.0569. The quantitative estimate of drug-likeness (QED) is 0.488. The minimum Gasteiger partial charge on any atom is -0.192 e. The van der Waals surface area contributed by atoms with Crippen molar-refractivity contribution in [3.8, 4) is 22.6 Å². The second-order valence-electron chi connectivity index (χ2n) is 4.78. The average Bonchev–Trinajstić information content (AvgIpc) is 2.99. The van der Waals surface area contributed by atoms with Crippen molar-refractivity contribution < 1.29 is 26.3 Å². The Kier molecular flexibility index (Phi) is 4.91. The molecule has 0 saturated carbocycles. The normalized spacial score (nSPS) is 11.5. The second-order valence-corrected chi connectivity index (χ2v) is 5.89. The Bertz CT molecular complexity index is 858. The van der Waals surface area contributed by atoms with E-state index in [9.17, 15) is 26.3 Å². The monoisotopic (exact) mass is 372 g/mol. The highest BCUT2D eigenvalue weighted by Gasteiger charge is 2.37. The van der Waals surface area contributed by atoms with Crippen LogP contribution >= 0.6 is 11.3 Å². The molecule has 2 rings (SSSR count). The molecule has 2 aromatic rings. The number of thiophene rings is 1. The van der Waals surface area contributed by atoms with E-state index in [-0.39, 0.29) is 22.1 Å². The molecule has 0 aliphatic carbocycles. The number of nitrogens with zero attached hydrogens (tertiary/aromatic N) is 2. The van der Waals surface area contributed by atoms with Crippen LogP contribution in [0.4, 0.5) is 26.3 Å². The van der Waals surface area contributed by atoms with Crippen molar-refractivity contribution in [3.05, 3.63) is 51.9 Å². The molecule has 0 spiro atoms. The van der Waals surface area contributed by atoms with E-state index in [1.165, 1.54) is 18.2 Å². The topological polar surface area (TPSA) is 47.6 Å². The molecular formula is C16H6F6N2S. The molecular weight excluding hydrogens is 366 g/mol. The van der Waals surface area contributed by atoms with Gasteiger partial charge < -0.3 is 0 Å². The molecule has 25 heavy (non-hydrogen) atoms. The Labute approximate surface area is 141 Å². The first-order valence-corrected chi connectivity index (χ1v) is 7.28. The highest BCUT2D eigenvalue weighted by molar-refractivity contribution is 7.16. The van der Waals surface area contributed by atoms with E-state index < -0.39 is 23.5 Å². The fourth-order valence-corrected chi connectivity index (χ4v) is 2.85. The molecule has 1 aromatic heterocycles. The number of rotatable bonds is 2. The first-order chi connectivity index (χ1) is 11.5. The second kappa shape index (κ2) is 6.61. The molecule has 1 aromatic carbocycles.